The molecule has 0 bridgehead atoms. The van der Waals surface area contributed by atoms with Crippen LogP contribution in [0.2, 0.25) is 0 Å². The molecule has 0 aliphatic carbocycles. The number of carbonyl (C=O) groups is 3. The van der Waals surface area contributed by atoms with Crippen molar-refractivity contribution >= 4 is 28.9 Å². The summed E-state index contributed by atoms with van der Waals surface area (Å²) in [7, 11) is 1.70. The summed E-state index contributed by atoms with van der Waals surface area (Å²) in [5.74, 6) is -0.989. The lowest BCUT2D eigenvalue weighted by Crippen LogP contribution is -2.49. The van der Waals surface area contributed by atoms with Gasteiger partial charge in [-0.25, -0.2) is 0 Å². The lowest BCUT2D eigenvalue weighted by atomic mass is 9.97. The molecule has 2 unspecified atom stereocenters. The van der Waals surface area contributed by atoms with E-state index in [1.54, 1.807) is 18.4 Å². The van der Waals surface area contributed by atoms with Crippen LogP contribution in [-0.4, -0.2) is 50.3 Å². The number of thiophene rings is 1. The number of amides is 2. The Balaban J connectivity index is 2.48. The van der Waals surface area contributed by atoms with Gasteiger partial charge in [-0.15, -0.1) is 0 Å². The van der Waals surface area contributed by atoms with Gasteiger partial charge in [0.05, 0.1) is 12.6 Å². The number of Topliss-reactive ketones (excluding diaryl/α,β-unsaturated/α-hetero) is 1. The van der Waals surface area contributed by atoms with Crippen LogP contribution in [0.5, 0.6) is 0 Å². The highest BCUT2D eigenvalue weighted by molar-refractivity contribution is 7.07. The summed E-state index contributed by atoms with van der Waals surface area (Å²) >= 11 is 1.58. The molecule has 8 heteroatoms. The molecule has 0 aromatic carbocycles. The zero-order valence-corrected chi connectivity index (χ0v) is 14.9. The first-order chi connectivity index (χ1) is 11.5. The minimum absolute atomic E-state index is 0.137. The average Bonchev–Trinajstić information content (AvgIpc) is 3.04. The normalized spacial score (nSPS) is 13.1. The average molecular weight is 354 g/mol. The number of hydrogen-bond acceptors (Lipinski definition) is 6. The molecule has 0 fully saturated rings. The fourth-order valence-corrected chi connectivity index (χ4v) is 2.96. The monoisotopic (exact) mass is 354 g/mol. The van der Waals surface area contributed by atoms with Crippen molar-refractivity contribution in [3.8, 4) is 0 Å². The van der Waals surface area contributed by atoms with Crippen LogP contribution in [0, 0.1) is 5.92 Å². The van der Waals surface area contributed by atoms with Crippen LogP contribution in [0.3, 0.4) is 0 Å². The number of ketones is 1. The molecule has 1 heterocycles. The van der Waals surface area contributed by atoms with E-state index in [1.165, 1.54) is 6.92 Å². The van der Waals surface area contributed by atoms with E-state index in [1.807, 2.05) is 16.8 Å². The zero-order chi connectivity index (χ0) is 17.9. The van der Waals surface area contributed by atoms with Gasteiger partial charge in [0.25, 0.3) is 0 Å². The predicted octanol–water partition coefficient (Wildman–Crippen LogP) is -0.335. The molecule has 0 radical (unpaired) electrons. The molecule has 0 aliphatic rings. The molecule has 1 aromatic heterocycles. The second-order valence-corrected chi connectivity index (χ2v) is 6.40. The summed E-state index contributed by atoms with van der Waals surface area (Å²) in [4.78, 5) is 35.6. The minimum Gasteiger partial charge on any atom is -0.347 e. The number of nitrogens with one attached hydrogen (secondary N) is 3. The van der Waals surface area contributed by atoms with Crippen molar-refractivity contribution in [3.63, 3.8) is 0 Å². The third-order valence-corrected chi connectivity index (χ3v) is 4.34. The summed E-state index contributed by atoms with van der Waals surface area (Å²) in [6.45, 7) is 2.02. The van der Waals surface area contributed by atoms with Gasteiger partial charge in [0.1, 0.15) is 0 Å². The van der Waals surface area contributed by atoms with E-state index in [9.17, 15) is 14.4 Å². The number of carbonyl (C=O) groups excluding carboxylic acids is 3. The lowest BCUT2D eigenvalue weighted by Gasteiger charge is -2.18. The van der Waals surface area contributed by atoms with Crippen molar-refractivity contribution in [2.24, 2.45) is 11.7 Å². The number of hydrogen-bond donors (Lipinski definition) is 4. The molecule has 0 spiro atoms. The molecule has 1 aromatic rings. The summed E-state index contributed by atoms with van der Waals surface area (Å²) in [6.07, 6.45) is 1.16. The van der Waals surface area contributed by atoms with Crippen molar-refractivity contribution in [1.29, 1.82) is 0 Å². The van der Waals surface area contributed by atoms with E-state index in [0.29, 0.717) is 25.9 Å². The molecule has 0 saturated heterocycles. The SMILES string of the molecule is CNCC(NC(=O)CNC(=O)C(CCN)Cc1ccsc1)C(C)=O. The molecule has 24 heavy (non-hydrogen) atoms. The van der Waals surface area contributed by atoms with Gasteiger partial charge >= 0.3 is 0 Å². The lowest BCUT2D eigenvalue weighted by molar-refractivity contribution is -0.129. The van der Waals surface area contributed by atoms with Gasteiger partial charge < -0.3 is 21.7 Å². The first kappa shape index (κ1) is 20.3. The standard InChI is InChI=1S/C16H26N4O3S/c1-11(21)14(8-18-2)20-15(22)9-19-16(23)13(3-5-17)7-12-4-6-24-10-12/h4,6,10,13-14,18H,3,5,7-9,17H2,1-2H3,(H,19,23)(H,20,22). The third kappa shape index (κ3) is 7.20. The Hall–Kier alpha value is -1.77. The highest BCUT2D eigenvalue weighted by atomic mass is 32.1. The Kier molecular flexibility index (Phi) is 9.21. The van der Waals surface area contributed by atoms with E-state index in [4.69, 9.17) is 5.73 Å². The Bertz CT molecular complexity index is 533. The van der Waals surface area contributed by atoms with Gasteiger partial charge in [-0.3, -0.25) is 14.4 Å². The number of likely N-dealkylation sites (N-methyl/N-ethyl adjacent to an activating group) is 1. The quantitative estimate of drug-likeness (QED) is 0.434. The molecule has 0 saturated carbocycles. The smallest absolute Gasteiger partial charge is 0.240 e. The topological polar surface area (TPSA) is 113 Å². The zero-order valence-electron chi connectivity index (χ0n) is 14.1. The van der Waals surface area contributed by atoms with Gasteiger partial charge in [-0.05, 0) is 55.7 Å². The summed E-state index contributed by atoms with van der Waals surface area (Å²) in [5.41, 5.74) is 6.67. The minimum atomic E-state index is -0.593. The van der Waals surface area contributed by atoms with E-state index < -0.39 is 6.04 Å². The molecule has 2 amide bonds. The Labute approximate surface area is 146 Å². The van der Waals surface area contributed by atoms with Crippen molar-refractivity contribution in [3.05, 3.63) is 22.4 Å². The molecule has 7 nitrogen and oxygen atoms in total. The van der Waals surface area contributed by atoms with Crippen LogP contribution in [-0.2, 0) is 20.8 Å². The van der Waals surface area contributed by atoms with Gasteiger partial charge in [0.15, 0.2) is 5.78 Å². The molecule has 5 N–H and O–H groups in total. The van der Waals surface area contributed by atoms with Crippen LogP contribution in [0.15, 0.2) is 16.8 Å². The second kappa shape index (κ2) is 10.9. The van der Waals surface area contributed by atoms with Crippen molar-refractivity contribution in [2.75, 3.05) is 26.7 Å². The fourth-order valence-electron chi connectivity index (χ4n) is 2.28. The van der Waals surface area contributed by atoms with E-state index in [0.717, 1.165) is 5.56 Å². The van der Waals surface area contributed by atoms with E-state index in [-0.39, 0.29) is 30.1 Å². The van der Waals surface area contributed by atoms with E-state index in [2.05, 4.69) is 16.0 Å². The van der Waals surface area contributed by atoms with Crippen molar-refractivity contribution in [2.45, 2.75) is 25.8 Å². The highest BCUT2D eigenvalue weighted by Gasteiger charge is 2.20. The fraction of sp³-hybridized carbons (Fsp3) is 0.562. The maximum absolute atomic E-state index is 12.3. The molecule has 1 rings (SSSR count). The first-order valence-corrected chi connectivity index (χ1v) is 8.85. The van der Waals surface area contributed by atoms with Crippen molar-refractivity contribution < 1.29 is 14.4 Å². The summed E-state index contributed by atoms with van der Waals surface area (Å²) in [6, 6.07) is 1.38. The Morgan fingerprint density at radius 2 is 2.08 bits per heavy atom. The van der Waals surface area contributed by atoms with Gasteiger partial charge in [-0.1, -0.05) is 0 Å². The molecule has 134 valence electrons. The predicted molar refractivity (Wildman–Crippen MR) is 94.7 cm³/mol. The van der Waals surface area contributed by atoms with Crippen molar-refractivity contribution in [1.82, 2.24) is 16.0 Å². The van der Waals surface area contributed by atoms with Crippen LogP contribution >= 0.6 is 11.3 Å². The first-order valence-electron chi connectivity index (χ1n) is 7.91. The molecular weight excluding hydrogens is 328 g/mol. The van der Waals surface area contributed by atoms with Crippen LogP contribution in [0.1, 0.15) is 18.9 Å². The van der Waals surface area contributed by atoms with Crippen LogP contribution < -0.4 is 21.7 Å². The molecule has 2 atom stereocenters. The van der Waals surface area contributed by atoms with Gasteiger partial charge in [-0.2, -0.15) is 11.3 Å². The molecule has 0 aliphatic heterocycles. The van der Waals surface area contributed by atoms with E-state index >= 15 is 0 Å². The van der Waals surface area contributed by atoms with Crippen LogP contribution in [0.4, 0.5) is 0 Å². The largest absolute Gasteiger partial charge is 0.347 e. The van der Waals surface area contributed by atoms with Crippen LogP contribution in [0.25, 0.3) is 0 Å². The maximum atomic E-state index is 12.3. The number of rotatable bonds is 11. The highest BCUT2D eigenvalue weighted by Crippen LogP contribution is 2.15. The second-order valence-electron chi connectivity index (χ2n) is 5.62. The Morgan fingerprint density at radius 1 is 1.33 bits per heavy atom. The number of nitrogens with two attached hydrogens (primary N) is 1. The van der Waals surface area contributed by atoms with Gasteiger partial charge in [0, 0.05) is 12.5 Å². The van der Waals surface area contributed by atoms with Gasteiger partial charge in [0.2, 0.25) is 11.8 Å². The Morgan fingerprint density at radius 3 is 2.62 bits per heavy atom. The summed E-state index contributed by atoms with van der Waals surface area (Å²) < 4.78 is 0. The summed E-state index contributed by atoms with van der Waals surface area (Å²) in [5, 5.41) is 12.0. The maximum Gasteiger partial charge on any atom is 0.240 e. The molecular formula is C16H26N4O3S. The third-order valence-electron chi connectivity index (χ3n) is 3.61.